The molecule has 0 heterocycles. The van der Waals surface area contributed by atoms with Crippen LogP contribution < -0.4 is 3.80 Å². The zero-order chi connectivity index (χ0) is 22.6. The summed E-state index contributed by atoms with van der Waals surface area (Å²) < 4.78 is 6.11. The summed E-state index contributed by atoms with van der Waals surface area (Å²) >= 11 is -2.15. The van der Waals surface area contributed by atoms with E-state index < -0.39 is 16.8 Å². The quantitative estimate of drug-likeness (QED) is 0.317. The monoisotopic (exact) mass is 481 g/mol. The van der Waals surface area contributed by atoms with Gasteiger partial charge in [0.2, 0.25) is 0 Å². The zero-order valence-corrected chi connectivity index (χ0v) is 22.9. The summed E-state index contributed by atoms with van der Waals surface area (Å²) in [6, 6.07) is 0.767. The van der Waals surface area contributed by atoms with E-state index in [4.69, 9.17) is 0 Å². The fraction of sp³-hybridized carbons (Fsp3) is 0.714. The van der Waals surface area contributed by atoms with E-state index in [0.29, 0.717) is 5.92 Å². The molecule has 1 fully saturated rings. The van der Waals surface area contributed by atoms with Crippen LogP contribution in [0.3, 0.4) is 0 Å². The second kappa shape index (κ2) is 16.5. The molecule has 1 atom stereocenters. The summed E-state index contributed by atoms with van der Waals surface area (Å²) in [5.41, 5.74) is 4.81. The second-order valence-corrected chi connectivity index (χ2v) is 16.4. The summed E-state index contributed by atoms with van der Waals surface area (Å²) in [5.74, 6) is 0.675. The van der Waals surface area contributed by atoms with Gasteiger partial charge >= 0.3 is 162 Å². The van der Waals surface area contributed by atoms with Gasteiger partial charge in [-0.1, -0.05) is 24.8 Å². The maximum absolute atomic E-state index is 4.29. The Bertz CT molecular complexity index is 603. The Balaban J connectivity index is 0.00000135. The molecule has 0 bridgehead atoms. The zero-order valence-electron chi connectivity index (χ0n) is 21.4. The van der Waals surface area contributed by atoms with Crippen molar-refractivity contribution >= 4 is 11.0 Å². The third-order valence-electron chi connectivity index (χ3n) is 7.31. The predicted molar refractivity (Wildman–Crippen MR) is 146 cm³/mol. The Labute approximate surface area is 204 Å². The standard InChI is InChI=1S/C12H24N.C9H13.C5H8.2CH3.H4Si.Ti/c13-12-10-8-6-4-2-1-3-5-7-9-11-12;1-6-5-7(2)9(4)8(6)3;1-3-5-4-2;;;;/h12-13H,1-11H2;6H,1-4H3;3-5H,1H2,2H3;2*1H3;1H4;/q-1;;;;;;+1. The number of rotatable bonds is 4. The van der Waals surface area contributed by atoms with Crippen molar-refractivity contribution in [2.24, 2.45) is 5.92 Å². The molecular formula is C28H55NSiTi. The molecule has 2 rings (SSSR count). The molecule has 3 heteroatoms. The van der Waals surface area contributed by atoms with Gasteiger partial charge in [0.05, 0.1) is 0 Å². The molecular weight excluding hydrogens is 426 g/mol. The van der Waals surface area contributed by atoms with E-state index in [9.17, 15) is 0 Å². The predicted octanol–water partition coefficient (Wildman–Crippen LogP) is 7.97. The van der Waals surface area contributed by atoms with Gasteiger partial charge in [-0.25, -0.2) is 0 Å². The fourth-order valence-corrected chi connectivity index (χ4v) is 11.5. The smallest absolute Gasteiger partial charge is 0.0149 e. The molecule has 2 aliphatic carbocycles. The van der Waals surface area contributed by atoms with Gasteiger partial charge in [0.1, 0.15) is 0 Å². The van der Waals surface area contributed by atoms with Crippen LogP contribution in [-0.2, 0) is 16.8 Å². The third kappa shape index (κ3) is 10.5. The maximum Gasteiger partial charge on any atom is -0.0149 e. The minimum absolute atomic E-state index is 0. The Kier molecular flexibility index (Phi) is 16.4. The van der Waals surface area contributed by atoms with Crippen molar-refractivity contribution in [2.75, 3.05) is 0 Å². The van der Waals surface area contributed by atoms with Crippen molar-refractivity contribution in [1.82, 2.24) is 3.80 Å². The molecule has 2 aliphatic rings. The van der Waals surface area contributed by atoms with Gasteiger partial charge < -0.3 is 0 Å². The van der Waals surface area contributed by atoms with Crippen molar-refractivity contribution < 1.29 is 16.8 Å². The first-order valence-corrected chi connectivity index (χ1v) is 17.3. The molecule has 1 unspecified atom stereocenters. The Morgan fingerprint density at radius 1 is 0.839 bits per heavy atom. The number of allylic oxidation sites excluding steroid dienone is 7. The van der Waals surface area contributed by atoms with Gasteiger partial charge in [-0.05, 0) is 17.9 Å². The second-order valence-electron chi connectivity index (χ2n) is 10.1. The molecule has 1 nitrogen and oxygen atoms in total. The third-order valence-corrected chi connectivity index (χ3v) is 12.4. The summed E-state index contributed by atoms with van der Waals surface area (Å²) in [5, 5.41) is 5.22. The van der Waals surface area contributed by atoms with Crippen LogP contribution in [0.5, 0.6) is 0 Å². The average molecular weight is 482 g/mol. The summed E-state index contributed by atoms with van der Waals surface area (Å²) in [7, 11) is 0. The molecule has 0 radical (unpaired) electrons. The first kappa shape index (κ1) is 30.9. The van der Waals surface area contributed by atoms with Crippen LogP contribution in [0.2, 0.25) is 10.5 Å². The van der Waals surface area contributed by atoms with Gasteiger partial charge in [0, 0.05) is 0 Å². The Morgan fingerprint density at radius 3 is 1.61 bits per heavy atom. The molecule has 0 saturated heterocycles. The Morgan fingerprint density at radius 2 is 1.29 bits per heavy atom. The molecule has 0 aromatic carbocycles. The molecule has 0 aromatic rings. The van der Waals surface area contributed by atoms with E-state index in [1.807, 2.05) is 23.0 Å². The largest absolute Gasteiger partial charge is 0.0149 e. The summed E-state index contributed by atoms with van der Waals surface area (Å²) in [4.78, 5) is 0. The first-order valence-electron chi connectivity index (χ1n) is 12.7. The van der Waals surface area contributed by atoms with E-state index in [0.717, 1.165) is 6.04 Å². The Hall–Kier alpha value is -0.149. The van der Waals surface area contributed by atoms with Crippen molar-refractivity contribution in [3.8, 4) is 0 Å². The van der Waals surface area contributed by atoms with Crippen molar-refractivity contribution in [3.05, 3.63) is 45.4 Å². The molecule has 1 saturated carbocycles. The van der Waals surface area contributed by atoms with Gasteiger partial charge in [-0.2, -0.15) is 0 Å². The molecule has 0 aromatic heterocycles. The minimum atomic E-state index is -2.15. The van der Waals surface area contributed by atoms with Crippen LogP contribution in [-0.4, -0.2) is 17.0 Å². The van der Waals surface area contributed by atoms with Crippen LogP contribution in [0.4, 0.5) is 0 Å². The number of hydrogen-bond acceptors (Lipinski definition) is 1. The fourth-order valence-electron chi connectivity index (χ4n) is 5.41. The number of nitrogens with one attached hydrogen (secondary N) is 1. The molecule has 0 aliphatic heterocycles. The molecule has 31 heavy (non-hydrogen) atoms. The van der Waals surface area contributed by atoms with Gasteiger partial charge in [-0.3, -0.25) is 0 Å². The van der Waals surface area contributed by atoms with Crippen LogP contribution in [0.15, 0.2) is 45.4 Å². The molecule has 0 amide bonds. The van der Waals surface area contributed by atoms with Gasteiger partial charge in [-0.15, -0.1) is 0 Å². The molecule has 0 spiro atoms. The maximum atomic E-state index is 4.29. The van der Waals surface area contributed by atoms with Gasteiger partial charge in [0.25, 0.3) is 0 Å². The average Bonchev–Trinajstić information content (AvgIpc) is 2.88. The van der Waals surface area contributed by atoms with Crippen molar-refractivity contribution in [3.63, 3.8) is 0 Å². The van der Waals surface area contributed by atoms with Crippen LogP contribution in [0, 0.1) is 5.92 Å². The minimum Gasteiger partial charge on any atom is -0.0149 e. The van der Waals surface area contributed by atoms with Crippen LogP contribution >= 0.6 is 0 Å². The SMILES string of the molecule is C=CC=CC.CC1=C(C)C(C)[C]([Ti]([CH3])([CH3])[NH]C2CCCCCCCCCCC2)=C1C.[SiH4]. The number of hydrogen-bond donors (Lipinski definition) is 1. The molecule has 180 valence electrons. The van der Waals surface area contributed by atoms with Gasteiger partial charge in [0.15, 0.2) is 0 Å². The van der Waals surface area contributed by atoms with E-state index >= 15 is 0 Å². The first-order chi connectivity index (χ1) is 14.3. The molecule has 1 N–H and O–H groups in total. The topological polar surface area (TPSA) is 12.0 Å². The van der Waals surface area contributed by atoms with E-state index in [1.54, 1.807) is 22.8 Å². The van der Waals surface area contributed by atoms with Crippen LogP contribution in [0.25, 0.3) is 0 Å². The van der Waals surface area contributed by atoms with E-state index in [1.165, 1.54) is 70.6 Å². The van der Waals surface area contributed by atoms with Crippen molar-refractivity contribution in [1.29, 1.82) is 0 Å². The summed E-state index contributed by atoms with van der Waals surface area (Å²) in [6.07, 6.45) is 21.5. The van der Waals surface area contributed by atoms with E-state index in [-0.39, 0.29) is 11.0 Å². The van der Waals surface area contributed by atoms with E-state index in [2.05, 4.69) is 48.5 Å². The van der Waals surface area contributed by atoms with Crippen LogP contribution in [0.1, 0.15) is 105 Å². The summed E-state index contributed by atoms with van der Waals surface area (Å²) in [6.45, 7) is 14.9. The normalized spacial score (nSPS) is 22.4. The van der Waals surface area contributed by atoms with Crippen molar-refractivity contribution in [2.45, 2.75) is 122 Å².